The maximum Gasteiger partial charge on any atom is 0.259 e. The first-order valence-electron chi connectivity index (χ1n) is 9.82. The molecular weight excluding hydrogens is 416 g/mol. The zero-order valence-corrected chi connectivity index (χ0v) is 18.1. The van der Waals surface area contributed by atoms with E-state index < -0.39 is 0 Å². The average Bonchev–Trinajstić information content (AvgIpc) is 2.88. The molecule has 0 spiro atoms. The summed E-state index contributed by atoms with van der Waals surface area (Å²) in [6.07, 6.45) is 0.721. The minimum absolute atomic E-state index is 0.0420. The molecule has 1 aliphatic rings. The Balaban J connectivity index is 1.53. The molecule has 6 heteroatoms. The number of fused-ring (bicyclic) bond motifs is 2. The minimum Gasteiger partial charge on any atom is -0.352 e. The Kier molecular flexibility index (Phi) is 6.11. The Labute approximate surface area is 185 Å². The normalized spacial score (nSPS) is 12.7. The van der Waals surface area contributed by atoms with Gasteiger partial charge in [-0.25, -0.2) is 0 Å². The van der Waals surface area contributed by atoms with E-state index in [-0.39, 0.29) is 11.8 Å². The van der Waals surface area contributed by atoms with Gasteiger partial charge in [-0.15, -0.1) is 0 Å². The molecule has 4 nitrogen and oxygen atoms in total. The molecule has 0 saturated carbocycles. The summed E-state index contributed by atoms with van der Waals surface area (Å²) in [5.74, 6) is -0.193. The van der Waals surface area contributed by atoms with Gasteiger partial charge in [0.15, 0.2) is 0 Å². The van der Waals surface area contributed by atoms with Crippen molar-refractivity contribution in [1.82, 2.24) is 5.32 Å². The number of carbonyl (C=O) groups excluding carboxylic acids is 2. The Hall–Kier alpha value is -2.76. The number of anilines is 1. The van der Waals surface area contributed by atoms with E-state index in [1.165, 1.54) is 0 Å². The lowest BCUT2D eigenvalue weighted by Crippen LogP contribution is -2.31. The summed E-state index contributed by atoms with van der Waals surface area (Å²) in [4.78, 5) is 29.4. The molecule has 0 atom stereocenters. The monoisotopic (exact) mass is 436 g/mol. The smallest absolute Gasteiger partial charge is 0.259 e. The van der Waals surface area contributed by atoms with Gasteiger partial charge in [0.05, 0.1) is 11.3 Å². The molecule has 1 heterocycles. The van der Waals surface area contributed by atoms with Crippen molar-refractivity contribution in [2.24, 2.45) is 0 Å². The Morgan fingerprint density at radius 3 is 2.57 bits per heavy atom. The molecule has 3 aromatic carbocycles. The summed E-state index contributed by atoms with van der Waals surface area (Å²) in [7, 11) is 0. The topological polar surface area (TPSA) is 49.4 Å². The van der Waals surface area contributed by atoms with Crippen molar-refractivity contribution in [3.63, 3.8) is 0 Å². The molecule has 0 radical (unpaired) electrons. The highest BCUT2D eigenvalue weighted by Crippen LogP contribution is 2.41. The zero-order chi connectivity index (χ0) is 21.1. The van der Waals surface area contributed by atoms with Gasteiger partial charge in [-0.3, -0.25) is 9.59 Å². The van der Waals surface area contributed by atoms with Crippen molar-refractivity contribution in [1.29, 1.82) is 0 Å². The van der Waals surface area contributed by atoms with Crippen LogP contribution in [0, 0.1) is 0 Å². The molecule has 1 N–H and O–H groups in total. The third kappa shape index (κ3) is 4.23. The van der Waals surface area contributed by atoms with Crippen molar-refractivity contribution in [2.75, 3.05) is 18.0 Å². The number of halogens is 1. The number of rotatable bonds is 5. The van der Waals surface area contributed by atoms with Crippen LogP contribution in [-0.2, 0) is 6.42 Å². The molecule has 0 aliphatic carbocycles. The van der Waals surface area contributed by atoms with Gasteiger partial charge < -0.3 is 10.2 Å². The van der Waals surface area contributed by atoms with Crippen LogP contribution < -0.4 is 10.2 Å². The summed E-state index contributed by atoms with van der Waals surface area (Å²) in [5, 5.41) is 3.66. The number of nitrogens with one attached hydrogen (secondary N) is 1. The standard InChI is InChI=1S/C24H21ClN2O2S/c1-2-27-20-15-17(23(28)26-14-13-16-7-10-18(25)11-8-16)9-12-22(20)30-21-6-4-3-5-19(21)24(27)29/h3-12,15H,2,13-14H2,1H3,(H,26,28). The van der Waals surface area contributed by atoms with Crippen molar-refractivity contribution in [3.8, 4) is 0 Å². The number of nitrogens with zero attached hydrogens (tertiary/aromatic N) is 1. The third-order valence-electron chi connectivity index (χ3n) is 5.02. The molecule has 1 aliphatic heterocycles. The lowest BCUT2D eigenvalue weighted by Gasteiger charge is -2.21. The van der Waals surface area contributed by atoms with E-state index in [4.69, 9.17) is 11.6 Å². The van der Waals surface area contributed by atoms with Gasteiger partial charge in [0.2, 0.25) is 0 Å². The summed E-state index contributed by atoms with van der Waals surface area (Å²) in [6.45, 7) is 3.00. The summed E-state index contributed by atoms with van der Waals surface area (Å²) >= 11 is 7.47. The number of carbonyl (C=O) groups is 2. The van der Waals surface area contributed by atoms with E-state index in [1.807, 2.05) is 73.7 Å². The van der Waals surface area contributed by atoms with Crippen molar-refractivity contribution in [3.05, 3.63) is 88.4 Å². The van der Waals surface area contributed by atoms with Gasteiger partial charge in [-0.2, -0.15) is 0 Å². The molecule has 4 rings (SSSR count). The molecule has 0 unspecified atom stereocenters. The van der Waals surface area contributed by atoms with Crippen molar-refractivity contribution >= 4 is 40.9 Å². The number of hydrogen-bond donors (Lipinski definition) is 1. The van der Waals surface area contributed by atoms with Crippen LogP contribution in [0.2, 0.25) is 5.02 Å². The lowest BCUT2D eigenvalue weighted by atomic mass is 10.1. The predicted molar refractivity (Wildman–Crippen MR) is 122 cm³/mol. The van der Waals surface area contributed by atoms with Crippen molar-refractivity contribution in [2.45, 2.75) is 23.1 Å². The first kappa shape index (κ1) is 20.5. The second kappa shape index (κ2) is 8.94. The maximum absolute atomic E-state index is 13.1. The van der Waals surface area contributed by atoms with Gasteiger partial charge in [-0.1, -0.05) is 47.6 Å². The van der Waals surface area contributed by atoms with Crippen LogP contribution in [0.25, 0.3) is 0 Å². The number of amides is 2. The van der Waals surface area contributed by atoms with Crippen LogP contribution in [0.1, 0.15) is 33.2 Å². The van der Waals surface area contributed by atoms with Gasteiger partial charge in [0.25, 0.3) is 11.8 Å². The van der Waals surface area contributed by atoms with Gasteiger partial charge in [0, 0.05) is 33.5 Å². The Morgan fingerprint density at radius 2 is 1.80 bits per heavy atom. The fourth-order valence-electron chi connectivity index (χ4n) is 3.45. The SMILES string of the molecule is CCN1C(=O)c2ccccc2Sc2ccc(C(=O)NCCc3ccc(Cl)cc3)cc21. The molecule has 0 fully saturated rings. The van der Waals surface area contributed by atoms with Crippen LogP contribution >= 0.6 is 23.4 Å². The van der Waals surface area contributed by atoms with Crippen LogP contribution in [0.4, 0.5) is 5.69 Å². The van der Waals surface area contributed by atoms with Crippen LogP contribution in [-0.4, -0.2) is 24.9 Å². The van der Waals surface area contributed by atoms with Gasteiger partial charge >= 0.3 is 0 Å². The maximum atomic E-state index is 13.1. The first-order valence-corrected chi connectivity index (χ1v) is 11.0. The third-order valence-corrected chi connectivity index (χ3v) is 6.42. The average molecular weight is 437 g/mol. The van der Waals surface area contributed by atoms with E-state index in [0.717, 1.165) is 27.5 Å². The Bertz CT molecular complexity index is 1100. The van der Waals surface area contributed by atoms with E-state index in [9.17, 15) is 9.59 Å². The second-order valence-corrected chi connectivity index (χ2v) is 8.48. The van der Waals surface area contributed by atoms with Gasteiger partial charge in [0.1, 0.15) is 0 Å². The molecule has 30 heavy (non-hydrogen) atoms. The van der Waals surface area contributed by atoms with Crippen LogP contribution in [0.15, 0.2) is 76.5 Å². The molecule has 152 valence electrons. The summed E-state index contributed by atoms with van der Waals surface area (Å²) in [5.41, 5.74) is 3.12. The quantitative estimate of drug-likeness (QED) is 0.579. The summed E-state index contributed by atoms with van der Waals surface area (Å²) in [6, 6.07) is 20.8. The second-order valence-electron chi connectivity index (χ2n) is 6.96. The highest BCUT2D eigenvalue weighted by atomic mass is 35.5. The highest BCUT2D eigenvalue weighted by Gasteiger charge is 2.26. The van der Waals surface area contributed by atoms with Crippen LogP contribution in [0.3, 0.4) is 0 Å². The molecular formula is C24H21ClN2O2S. The van der Waals surface area contributed by atoms with E-state index in [2.05, 4.69) is 5.32 Å². The van der Waals surface area contributed by atoms with Crippen LogP contribution in [0.5, 0.6) is 0 Å². The van der Waals surface area contributed by atoms with E-state index >= 15 is 0 Å². The molecule has 2 amide bonds. The first-order chi connectivity index (χ1) is 14.6. The van der Waals surface area contributed by atoms with Gasteiger partial charge in [-0.05, 0) is 61.4 Å². The number of benzene rings is 3. The lowest BCUT2D eigenvalue weighted by molar-refractivity contribution is 0.0950. The Morgan fingerprint density at radius 1 is 1.03 bits per heavy atom. The number of hydrogen-bond acceptors (Lipinski definition) is 3. The molecule has 0 aromatic heterocycles. The van der Waals surface area contributed by atoms with Crippen molar-refractivity contribution < 1.29 is 9.59 Å². The largest absolute Gasteiger partial charge is 0.352 e. The highest BCUT2D eigenvalue weighted by molar-refractivity contribution is 7.99. The van der Waals surface area contributed by atoms with E-state index in [1.54, 1.807) is 16.7 Å². The predicted octanol–water partition coefficient (Wildman–Crippen LogP) is 5.44. The minimum atomic E-state index is -0.151. The van der Waals surface area contributed by atoms with E-state index in [0.29, 0.717) is 29.2 Å². The molecule has 0 saturated heterocycles. The fourth-order valence-corrected chi connectivity index (χ4v) is 4.63. The molecule has 0 bridgehead atoms. The summed E-state index contributed by atoms with van der Waals surface area (Å²) < 4.78 is 0. The fraction of sp³-hybridized carbons (Fsp3) is 0.167. The molecule has 3 aromatic rings. The zero-order valence-electron chi connectivity index (χ0n) is 16.5.